The number of rotatable bonds is 9. The lowest BCUT2D eigenvalue weighted by molar-refractivity contribution is -0.133. The van der Waals surface area contributed by atoms with Gasteiger partial charge in [0.05, 0.1) is 5.75 Å². The van der Waals surface area contributed by atoms with Crippen LogP contribution in [0.15, 0.2) is 5.16 Å². The van der Waals surface area contributed by atoms with Crippen molar-refractivity contribution in [3.05, 3.63) is 5.82 Å². The minimum Gasteiger partial charge on any atom is -0.481 e. The summed E-state index contributed by atoms with van der Waals surface area (Å²) in [5, 5.41) is 17.7. The average Bonchev–Trinajstić information content (AvgIpc) is 2.69. The molecule has 0 aliphatic carbocycles. The maximum atomic E-state index is 10.6. The van der Waals surface area contributed by atoms with Crippen LogP contribution < -0.4 is 0 Å². The van der Waals surface area contributed by atoms with Crippen LogP contribution in [0.3, 0.4) is 0 Å². The van der Waals surface area contributed by atoms with Gasteiger partial charge in [-0.2, -0.15) is 0 Å². The third-order valence-corrected chi connectivity index (χ3v) is 3.37. The van der Waals surface area contributed by atoms with Crippen LogP contribution in [0.25, 0.3) is 0 Å². The van der Waals surface area contributed by atoms with E-state index >= 15 is 0 Å². The first kappa shape index (κ1) is 16.0. The highest BCUT2D eigenvalue weighted by Crippen LogP contribution is 2.19. The second-order valence-corrected chi connectivity index (χ2v) is 5.62. The molecule has 0 amide bonds. The lowest BCUT2D eigenvalue weighted by Gasteiger charge is -2.11. The summed E-state index contributed by atoms with van der Waals surface area (Å²) in [5.74, 6) is 0.527. The summed E-state index contributed by atoms with van der Waals surface area (Å²) < 4.78 is 7.05. The van der Waals surface area contributed by atoms with Crippen LogP contribution >= 0.6 is 11.8 Å². The third-order valence-electron chi connectivity index (χ3n) is 2.41. The fraction of sp³-hybridized carbons (Fsp3) is 0.750. The second-order valence-electron chi connectivity index (χ2n) is 4.68. The number of aromatic nitrogens is 3. The van der Waals surface area contributed by atoms with Crippen LogP contribution in [-0.2, 0) is 22.5 Å². The predicted molar refractivity (Wildman–Crippen MR) is 73.4 cm³/mol. The van der Waals surface area contributed by atoms with Gasteiger partial charge in [0.1, 0.15) is 5.82 Å². The fourth-order valence-corrected chi connectivity index (χ4v) is 2.35. The Balaban J connectivity index is 2.75. The van der Waals surface area contributed by atoms with Gasteiger partial charge in [0.2, 0.25) is 0 Å². The predicted octanol–water partition coefficient (Wildman–Crippen LogP) is 1.69. The van der Waals surface area contributed by atoms with E-state index in [-0.39, 0.29) is 5.75 Å². The van der Waals surface area contributed by atoms with Crippen LogP contribution in [0.1, 0.15) is 26.1 Å². The molecule has 108 valence electrons. The molecule has 19 heavy (non-hydrogen) atoms. The molecule has 0 aliphatic heterocycles. The maximum absolute atomic E-state index is 10.6. The molecule has 0 bridgehead atoms. The van der Waals surface area contributed by atoms with Crippen molar-refractivity contribution in [2.75, 3.05) is 19.5 Å². The summed E-state index contributed by atoms with van der Waals surface area (Å²) >= 11 is 1.22. The van der Waals surface area contributed by atoms with E-state index in [1.807, 2.05) is 4.57 Å². The van der Waals surface area contributed by atoms with Gasteiger partial charge in [0, 0.05) is 26.7 Å². The van der Waals surface area contributed by atoms with Crippen molar-refractivity contribution >= 4 is 17.7 Å². The number of hydrogen-bond acceptors (Lipinski definition) is 5. The van der Waals surface area contributed by atoms with E-state index in [1.54, 1.807) is 7.11 Å². The highest BCUT2D eigenvalue weighted by atomic mass is 32.2. The summed E-state index contributed by atoms with van der Waals surface area (Å²) in [4.78, 5) is 10.6. The Bertz CT molecular complexity index is 407. The zero-order valence-electron chi connectivity index (χ0n) is 11.6. The molecule has 1 heterocycles. The number of carbonyl (C=O) groups is 1. The van der Waals surface area contributed by atoms with E-state index in [1.165, 1.54) is 11.8 Å². The van der Waals surface area contributed by atoms with Crippen molar-refractivity contribution < 1.29 is 14.6 Å². The zero-order chi connectivity index (χ0) is 14.3. The highest BCUT2D eigenvalue weighted by Gasteiger charge is 2.14. The first-order valence-corrected chi connectivity index (χ1v) is 7.28. The number of aryl methyl sites for hydroxylation is 1. The molecule has 1 N–H and O–H groups in total. The SMILES string of the molecule is COCCCc1nnc(SCC(=O)O)n1CC(C)C. The Morgan fingerprint density at radius 3 is 2.79 bits per heavy atom. The highest BCUT2D eigenvalue weighted by molar-refractivity contribution is 7.99. The maximum Gasteiger partial charge on any atom is 0.313 e. The van der Waals surface area contributed by atoms with Crippen molar-refractivity contribution in [1.29, 1.82) is 0 Å². The van der Waals surface area contributed by atoms with Crippen LogP contribution in [0.4, 0.5) is 0 Å². The molecule has 0 radical (unpaired) electrons. The van der Waals surface area contributed by atoms with E-state index in [9.17, 15) is 4.79 Å². The number of carboxylic acids is 1. The third kappa shape index (κ3) is 5.61. The second kappa shape index (κ2) is 8.16. The number of ether oxygens (including phenoxy) is 1. The number of carboxylic acid groups (broad SMARTS) is 1. The van der Waals surface area contributed by atoms with Crippen LogP contribution in [0.5, 0.6) is 0 Å². The topological polar surface area (TPSA) is 77.2 Å². The molecule has 1 aromatic rings. The number of aliphatic carboxylic acids is 1. The van der Waals surface area contributed by atoms with E-state index in [2.05, 4.69) is 24.0 Å². The Hall–Kier alpha value is -1.08. The number of nitrogens with zero attached hydrogens (tertiary/aromatic N) is 3. The van der Waals surface area contributed by atoms with Gasteiger partial charge in [-0.25, -0.2) is 0 Å². The molecule has 0 saturated carbocycles. The summed E-state index contributed by atoms with van der Waals surface area (Å²) in [7, 11) is 1.67. The van der Waals surface area contributed by atoms with Crippen LogP contribution in [0, 0.1) is 5.92 Å². The molecule has 0 unspecified atom stereocenters. The lowest BCUT2D eigenvalue weighted by atomic mass is 10.2. The molecule has 0 spiro atoms. The molecule has 0 atom stereocenters. The molecule has 0 aromatic carbocycles. The van der Waals surface area contributed by atoms with Gasteiger partial charge in [-0.3, -0.25) is 4.79 Å². The van der Waals surface area contributed by atoms with Gasteiger partial charge in [-0.15, -0.1) is 10.2 Å². The molecule has 1 rings (SSSR count). The first-order chi connectivity index (χ1) is 9.04. The number of thioether (sulfide) groups is 1. The normalized spacial score (nSPS) is 11.2. The van der Waals surface area contributed by atoms with E-state index in [0.29, 0.717) is 17.7 Å². The van der Waals surface area contributed by atoms with Gasteiger partial charge in [-0.05, 0) is 12.3 Å². The van der Waals surface area contributed by atoms with Gasteiger partial charge < -0.3 is 14.4 Å². The molecular formula is C12H21N3O3S. The monoisotopic (exact) mass is 287 g/mol. The first-order valence-electron chi connectivity index (χ1n) is 6.30. The average molecular weight is 287 g/mol. The molecule has 0 saturated heterocycles. The van der Waals surface area contributed by atoms with Crippen molar-refractivity contribution in [2.45, 2.75) is 38.4 Å². The quantitative estimate of drug-likeness (QED) is 0.550. The van der Waals surface area contributed by atoms with Crippen LogP contribution in [0.2, 0.25) is 0 Å². The van der Waals surface area contributed by atoms with Gasteiger partial charge in [0.25, 0.3) is 0 Å². The Labute approximate surface area is 117 Å². The summed E-state index contributed by atoms with van der Waals surface area (Å²) in [5.41, 5.74) is 0. The molecule has 7 heteroatoms. The summed E-state index contributed by atoms with van der Waals surface area (Å²) in [6.07, 6.45) is 1.68. The van der Waals surface area contributed by atoms with Crippen molar-refractivity contribution in [3.8, 4) is 0 Å². The largest absolute Gasteiger partial charge is 0.481 e. The molecule has 0 aliphatic rings. The standard InChI is InChI=1S/C12H21N3O3S/c1-9(2)7-15-10(5-4-6-18-3)13-14-12(15)19-8-11(16)17/h9H,4-8H2,1-3H3,(H,16,17). The Morgan fingerprint density at radius 1 is 1.47 bits per heavy atom. The van der Waals surface area contributed by atoms with Gasteiger partial charge in [0.15, 0.2) is 5.16 Å². The van der Waals surface area contributed by atoms with E-state index in [0.717, 1.165) is 25.2 Å². The summed E-state index contributed by atoms with van der Waals surface area (Å²) in [6.45, 7) is 5.72. The molecule has 0 fully saturated rings. The lowest BCUT2D eigenvalue weighted by Crippen LogP contribution is -2.11. The van der Waals surface area contributed by atoms with E-state index in [4.69, 9.17) is 9.84 Å². The molecule has 1 aromatic heterocycles. The van der Waals surface area contributed by atoms with Gasteiger partial charge >= 0.3 is 5.97 Å². The number of methoxy groups -OCH3 is 1. The molecular weight excluding hydrogens is 266 g/mol. The van der Waals surface area contributed by atoms with Crippen LogP contribution in [-0.4, -0.2) is 45.3 Å². The Kier molecular flexibility index (Phi) is 6.86. The van der Waals surface area contributed by atoms with Crippen molar-refractivity contribution in [1.82, 2.24) is 14.8 Å². The number of hydrogen-bond donors (Lipinski definition) is 1. The fourth-order valence-electron chi connectivity index (χ4n) is 1.66. The van der Waals surface area contributed by atoms with Gasteiger partial charge in [-0.1, -0.05) is 25.6 Å². The van der Waals surface area contributed by atoms with Crippen molar-refractivity contribution in [3.63, 3.8) is 0 Å². The summed E-state index contributed by atoms with van der Waals surface area (Å²) in [6, 6.07) is 0. The minimum absolute atomic E-state index is 0.00823. The van der Waals surface area contributed by atoms with E-state index < -0.39 is 5.97 Å². The zero-order valence-corrected chi connectivity index (χ0v) is 12.4. The molecule has 6 nitrogen and oxygen atoms in total. The van der Waals surface area contributed by atoms with Crippen molar-refractivity contribution in [2.24, 2.45) is 5.92 Å². The minimum atomic E-state index is -0.843. The Morgan fingerprint density at radius 2 is 2.21 bits per heavy atom. The smallest absolute Gasteiger partial charge is 0.313 e.